The van der Waals surface area contributed by atoms with Crippen LogP contribution in [0.25, 0.3) is 0 Å². The van der Waals surface area contributed by atoms with Crippen molar-refractivity contribution in [3.05, 3.63) is 70.3 Å². The summed E-state index contributed by atoms with van der Waals surface area (Å²) in [5.41, 5.74) is -2.76. The van der Waals surface area contributed by atoms with Gasteiger partial charge in [0.2, 0.25) is 0 Å². The van der Waals surface area contributed by atoms with Crippen LogP contribution in [0.1, 0.15) is 25.5 Å². The van der Waals surface area contributed by atoms with E-state index in [1.165, 1.54) is 38.1 Å². The van der Waals surface area contributed by atoms with E-state index >= 15 is 0 Å². The topological polar surface area (TPSA) is 162 Å². The Labute approximate surface area is 194 Å². The molecule has 34 heavy (non-hydrogen) atoms. The van der Waals surface area contributed by atoms with Gasteiger partial charge in [0.25, 0.3) is 21.2 Å². The first-order valence-corrected chi connectivity index (χ1v) is 11.6. The third-order valence-electron chi connectivity index (χ3n) is 5.06. The number of sulfonamides is 1. The highest BCUT2D eigenvalue weighted by Gasteiger charge is 2.67. The standard InChI is InChI=1S/C21H21N3O9S/c1-3-32-18(25)21(19(26)33-4-2)17(14-8-6-5-7-9-14)23(20(27)22-21)34(30,31)16-12-10-15(11-13-16)24(28)29/h5-13,17H,3-4H2,1-2H3,(H,22,27)/t17-/m1/s1. The number of carbonyl (C=O) groups excluding carboxylic acids is 3. The van der Waals surface area contributed by atoms with Crippen LogP contribution in [0.15, 0.2) is 59.5 Å². The third-order valence-corrected chi connectivity index (χ3v) is 6.83. The van der Waals surface area contributed by atoms with E-state index in [-0.39, 0.29) is 24.5 Å². The van der Waals surface area contributed by atoms with Crippen molar-refractivity contribution >= 4 is 33.7 Å². The van der Waals surface area contributed by atoms with Crippen LogP contribution in [0.4, 0.5) is 10.5 Å². The molecule has 1 N–H and O–H groups in total. The summed E-state index contributed by atoms with van der Waals surface area (Å²) in [6.45, 7) is 2.64. The lowest BCUT2D eigenvalue weighted by Crippen LogP contribution is -2.60. The zero-order valence-electron chi connectivity index (χ0n) is 18.2. The summed E-state index contributed by atoms with van der Waals surface area (Å²) < 4.78 is 37.6. The van der Waals surface area contributed by atoms with E-state index in [2.05, 4.69) is 5.32 Å². The van der Waals surface area contributed by atoms with E-state index in [1.807, 2.05) is 0 Å². The van der Waals surface area contributed by atoms with Crippen molar-refractivity contribution in [1.82, 2.24) is 9.62 Å². The molecule has 2 aromatic rings. The molecule has 1 atom stereocenters. The number of nitrogens with zero attached hydrogens (tertiary/aromatic N) is 2. The van der Waals surface area contributed by atoms with E-state index < -0.39 is 49.4 Å². The number of nitrogens with one attached hydrogen (secondary N) is 1. The molecule has 0 radical (unpaired) electrons. The summed E-state index contributed by atoms with van der Waals surface area (Å²) in [6, 6.07) is 8.44. The fourth-order valence-electron chi connectivity index (χ4n) is 3.61. The minimum atomic E-state index is -4.71. The molecule has 0 unspecified atom stereocenters. The van der Waals surface area contributed by atoms with Crippen LogP contribution >= 0.6 is 0 Å². The minimum absolute atomic E-state index is 0.132. The second-order valence-electron chi connectivity index (χ2n) is 7.04. The van der Waals surface area contributed by atoms with Gasteiger partial charge in [0, 0.05) is 12.1 Å². The Bertz CT molecular complexity index is 1200. The summed E-state index contributed by atoms with van der Waals surface area (Å²) in [6.07, 6.45) is 0. The average Bonchev–Trinajstić information content (AvgIpc) is 3.15. The molecule has 0 saturated carbocycles. The van der Waals surface area contributed by atoms with Gasteiger partial charge in [-0.2, -0.15) is 0 Å². The van der Waals surface area contributed by atoms with Crippen molar-refractivity contribution in [2.45, 2.75) is 30.3 Å². The van der Waals surface area contributed by atoms with Crippen LogP contribution in [-0.2, 0) is 29.1 Å². The van der Waals surface area contributed by atoms with Gasteiger partial charge in [0.05, 0.1) is 23.0 Å². The van der Waals surface area contributed by atoms with Crippen LogP contribution < -0.4 is 5.32 Å². The number of carbonyl (C=O) groups is 3. The Kier molecular flexibility index (Phi) is 6.86. The van der Waals surface area contributed by atoms with Crippen molar-refractivity contribution in [3.8, 4) is 0 Å². The molecule has 180 valence electrons. The molecule has 1 aliphatic heterocycles. The van der Waals surface area contributed by atoms with E-state index in [0.29, 0.717) is 4.31 Å². The molecule has 0 aliphatic carbocycles. The number of non-ortho nitro benzene ring substituents is 1. The maximum atomic E-state index is 13.5. The van der Waals surface area contributed by atoms with Crippen molar-refractivity contribution in [2.75, 3.05) is 13.2 Å². The van der Waals surface area contributed by atoms with Crippen molar-refractivity contribution < 1.29 is 37.2 Å². The summed E-state index contributed by atoms with van der Waals surface area (Å²) in [4.78, 5) is 49.1. The summed E-state index contributed by atoms with van der Waals surface area (Å²) in [5.74, 6) is -2.39. The Morgan fingerprint density at radius 1 is 1.03 bits per heavy atom. The van der Waals surface area contributed by atoms with Crippen LogP contribution in [0.3, 0.4) is 0 Å². The van der Waals surface area contributed by atoms with Crippen LogP contribution in [0.2, 0.25) is 0 Å². The van der Waals surface area contributed by atoms with E-state index in [0.717, 1.165) is 24.3 Å². The largest absolute Gasteiger partial charge is 0.464 e. The number of benzene rings is 2. The molecule has 13 heteroatoms. The summed E-state index contributed by atoms with van der Waals surface area (Å²) in [7, 11) is -4.71. The zero-order chi connectivity index (χ0) is 25.1. The minimum Gasteiger partial charge on any atom is -0.464 e. The lowest BCUT2D eigenvalue weighted by atomic mass is 9.86. The number of rotatable bonds is 8. The SMILES string of the molecule is CCOC(=O)C1(C(=O)OCC)NC(=O)N(S(=O)(=O)c2ccc([N+](=O)[O-])cc2)[C@@H]1c1ccccc1. The molecule has 2 aromatic carbocycles. The number of hydrogen-bond donors (Lipinski definition) is 1. The van der Waals surface area contributed by atoms with Crippen molar-refractivity contribution in [1.29, 1.82) is 0 Å². The van der Waals surface area contributed by atoms with E-state index in [1.54, 1.807) is 6.07 Å². The predicted octanol–water partition coefficient (Wildman–Crippen LogP) is 1.91. The molecule has 0 spiro atoms. The number of nitro groups is 1. The van der Waals surface area contributed by atoms with Crippen molar-refractivity contribution in [2.24, 2.45) is 0 Å². The first-order chi connectivity index (χ1) is 16.1. The van der Waals surface area contributed by atoms with Gasteiger partial charge in [-0.3, -0.25) is 10.1 Å². The molecule has 1 aliphatic rings. The second-order valence-corrected chi connectivity index (χ2v) is 8.86. The van der Waals surface area contributed by atoms with Gasteiger partial charge in [-0.05, 0) is 31.5 Å². The molecular formula is C21H21N3O9S. The van der Waals surface area contributed by atoms with Crippen LogP contribution in [0, 0.1) is 10.1 Å². The molecule has 0 bridgehead atoms. The molecule has 0 aromatic heterocycles. The Balaban J connectivity index is 2.25. The van der Waals surface area contributed by atoms with Gasteiger partial charge in [-0.1, -0.05) is 30.3 Å². The highest BCUT2D eigenvalue weighted by Crippen LogP contribution is 2.42. The quantitative estimate of drug-likeness (QED) is 0.251. The van der Waals surface area contributed by atoms with Gasteiger partial charge in [-0.25, -0.2) is 27.1 Å². The van der Waals surface area contributed by atoms with Gasteiger partial charge < -0.3 is 14.8 Å². The number of urea groups is 1. The lowest BCUT2D eigenvalue weighted by Gasteiger charge is -2.32. The zero-order valence-corrected chi connectivity index (χ0v) is 19.0. The molecule has 2 amide bonds. The molecule has 12 nitrogen and oxygen atoms in total. The number of ether oxygens (including phenoxy) is 2. The molecule has 1 heterocycles. The third kappa shape index (κ3) is 4.05. The highest BCUT2D eigenvalue weighted by molar-refractivity contribution is 7.89. The first-order valence-electron chi connectivity index (χ1n) is 10.1. The highest BCUT2D eigenvalue weighted by atomic mass is 32.2. The second kappa shape index (κ2) is 9.47. The van der Waals surface area contributed by atoms with Gasteiger partial charge >= 0.3 is 18.0 Å². The normalized spacial score (nSPS) is 17.1. The van der Waals surface area contributed by atoms with Gasteiger partial charge in [-0.15, -0.1) is 0 Å². The number of hydrogen-bond acceptors (Lipinski definition) is 9. The summed E-state index contributed by atoms with van der Waals surface area (Å²) in [5, 5.41) is 13.1. The predicted molar refractivity (Wildman–Crippen MR) is 116 cm³/mol. The smallest absolute Gasteiger partial charge is 0.346 e. The van der Waals surface area contributed by atoms with Crippen LogP contribution in [0.5, 0.6) is 0 Å². The molecular weight excluding hydrogens is 470 g/mol. The maximum Gasteiger partial charge on any atom is 0.346 e. The fourth-order valence-corrected chi connectivity index (χ4v) is 5.13. The molecule has 1 fully saturated rings. The van der Waals surface area contributed by atoms with E-state index in [4.69, 9.17) is 9.47 Å². The van der Waals surface area contributed by atoms with Crippen molar-refractivity contribution in [3.63, 3.8) is 0 Å². The monoisotopic (exact) mass is 491 g/mol. The number of amides is 2. The van der Waals surface area contributed by atoms with E-state index in [9.17, 15) is 32.9 Å². The fraction of sp³-hybridized carbons (Fsp3) is 0.286. The number of nitro benzene ring substituents is 1. The van der Waals surface area contributed by atoms with Gasteiger partial charge in [0.1, 0.15) is 6.04 Å². The van der Waals surface area contributed by atoms with Crippen LogP contribution in [-0.4, -0.2) is 54.4 Å². The maximum absolute atomic E-state index is 13.5. The Morgan fingerprint density at radius 3 is 2.03 bits per heavy atom. The average molecular weight is 491 g/mol. The van der Waals surface area contributed by atoms with Gasteiger partial charge in [0.15, 0.2) is 0 Å². The Hall–Kier alpha value is -4.00. The summed E-state index contributed by atoms with van der Waals surface area (Å²) >= 11 is 0. The molecule has 3 rings (SSSR count). The number of esters is 2. The Morgan fingerprint density at radius 2 is 1.56 bits per heavy atom. The first kappa shape index (κ1) is 24.6. The lowest BCUT2D eigenvalue weighted by molar-refractivity contribution is -0.384. The molecule has 1 saturated heterocycles.